The average Bonchev–Trinajstić information content (AvgIpc) is 2.67. The quantitative estimate of drug-likeness (QED) is 0.573. The molecule has 1 fully saturated rings. The molecular weight excluding hydrogens is 346 g/mol. The van der Waals surface area contributed by atoms with Gasteiger partial charge >= 0.3 is 0 Å². The van der Waals surface area contributed by atoms with Gasteiger partial charge in [-0.2, -0.15) is 0 Å². The first-order valence-electron chi connectivity index (χ1n) is 9.59. The van der Waals surface area contributed by atoms with Crippen LogP contribution in [-0.4, -0.2) is 36.4 Å². The molecule has 7 heteroatoms. The third-order valence-electron chi connectivity index (χ3n) is 4.85. The number of nitrogens with two attached hydrogens (primary N) is 1. The minimum Gasteiger partial charge on any atom is -0.484 e. The molecule has 1 aliphatic carbocycles. The molecule has 0 aliphatic heterocycles. The number of carbonyl (C=O) groups excluding carboxylic acids is 3. The Morgan fingerprint density at radius 3 is 2.37 bits per heavy atom. The Balaban J connectivity index is 1.92. The van der Waals surface area contributed by atoms with Gasteiger partial charge in [-0.15, -0.1) is 0 Å². The zero-order valence-electron chi connectivity index (χ0n) is 15.9. The third kappa shape index (κ3) is 5.98. The van der Waals surface area contributed by atoms with E-state index in [1.165, 1.54) is 0 Å². The summed E-state index contributed by atoms with van der Waals surface area (Å²) in [6.07, 6.45) is 6.10. The molecule has 0 saturated heterocycles. The molecule has 148 valence electrons. The smallest absolute Gasteiger partial charge is 0.258 e. The molecule has 3 amide bonds. The Labute approximate surface area is 160 Å². The van der Waals surface area contributed by atoms with Gasteiger partial charge in [-0.05, 0) is 43.5 Å². The summed E-state index contributed by atoms with van der Waals surface area (Å²) in [5.74, 6) is -0.496. The lowest BCUT2D eigenvalue weighted by Gasteiger charge is -2.36. The first kappa shape index (κ1) is 20.7. The molecule has 7 nitrogen and oxygen atoms in total. The Morgan fingerprint density at radius 1 is 1.11 bits per heavy atom. The first-order chi connectivity index (χ1) is 13.0. The van der Waals surface area contributed by atoms with Crippen LogP contribution in [0.4, 0.5) is 0 Å². The Hall–Kier alpha value is -2.57. The summed E-state index contributed by atoms with van der Waals surface area (Å²) in [5, 5.41) is 5.86. The number of benzene rings is 1. The highest BCUT2D eigenvalue weighted by Crippen LogP contribution is 2.28. The van der Waals surface area contributed by atoms with E-state index in [4.69, 9.17) is 10.5 Å². The highest BCUT2D eigenvalue weighted by atomic mass is 16.5. The van der Waals surface area contributed by atoms with Gasteiger partial charge in [0.1, 0.15) is 11.3 Å². The van der Waals surface area contributed by atoms with Gasteiger partial charge in [-0.3, -0.25) is 14.4 Å². The number of amides is 3. The second-order valence-electron chi connectivity index (χ2n) is 6.98. The number of primary amides is 1. The number of hydrogen-bond acceptors (Lipinski definition) is 4. The van der Waals surface area contributed by atoms with E-state index in [9.17, 15) is 14.4 Å². The molecule has 0 bridgehead atoms. The average molecular weight is 375 g/mol. The summed E-state index contributed by atoms with van der Waals surface area (Å²) < 4.78 is 5.47. The maximum absolute atomic E-state index is 12.7. The largest absolute Gasteiger partial charge is 0.484 e. The minimum absolute atomic E-state index is 0.102. The van der Waals surface area contributed by atoms with E-state index in [2.05, 4.69) is 17.6 Å². The van der Waals surface area contributed by atoms with Crippen molar-refractivity contribution in [1.82, 2.24) is 10.6 Å². The molecule has 0 unspecified atom stereocenters. The van der Waals surface area contributed by atoms with E-state index >= 15 is 0 Å². The second-order valence-corrected chi connectivity index (χ2v) is 6.98. The number of rotatable bonds is 9. The maximum atomic E-state index is 12.7. The molecule has 0 heterocycles. The van der Waals surface area contributed by atoms with E-state index in [0.717, 1.165) is 32.1 Å². The fourth-order valence-electron chi connectivity index (χ4n) is 3.28. The van der Waals surface area contributed by atoms with E-state index in [-0.39, 0.29) is 18.4 Å². The van der Waals surface area contributed by atoms with Crippen LogP contribution in [-0.2, 0) is 9.59 Å². The molecule has 1 aliphatic rings. The van der Waals surface area contributed by atoms with Crippen molar-refractivity contribution < 1.29 is 19.1 Å². The Kier molecular flexibility index (Phi) is 7.64. The van der Waals surface area contributed by atoms with Crippen LogP contribution >= 0.6 is 0 Å². The molecule has 1 aromatic carbocycles. The lowest BCUT2D eigenvalue weighted by molar-refractivity contribution is -0.135. The normalized spacial score (nSPS) is 15.6. The third-order valence-corrected chi connectivity index (χ3v) is 4.85. The topological polar surface area (TPSA) is 111 Å². The van der Waals surface area contributed by atoms with E-state index < -0.39 is 11.4 Å². The van der Waals surface area contributed by atoms with Gasteiger partial charge in [-0.25, -0.2) is 0 Å². The monoisotopic (exact) mass is 375 g/mol. The number of nitrogens with one attached hydrogen (secondary N) is 2. The first-order valence-corrected chi connectivity index (χ1v) is 9.59. The van der Waals surface area contributed by atoms with Crippen LogP contribution in [0.2, 0.25) is 0 Å². The zero-order valence-corrected chi connectivity index (χ0v) is 15.9. The Morgan fingerprint density at radius 2 is 1.78 bits per heavy atom. The lowest BCUT2D eigenvalue weighted by Crippen LogP contribution is -2.60. The molecule has 1 aromatic rings. The van der Waals surface area contributed by atoms with Crippen molar-refractivity contribution in [2.75, 3.05) is 13.2 Å². The van der Waals surface area contributed by atoms with Crippen LogP contribution in [0.15, 0.2) is 24.3 Å². The second kappa shape index (κ2) is 9.94. The van der Waals surface area contributed by atoms with Crippen molar-refractivity contribution >= 4 is 17.7 Å². The summed E-state index contributed by atoms with van der Waals surface area (Å²) in [7, 11) is 0. The van der Waals surface area contributed by atoms with Gasteiger partial charge in [0.25, 0.3) is 5.91 Å². The highest BCUT2D eigenvalue weighted by Gasteiger charge is 2.40. The summed E-state index contributed by atoms with van der Waals surface area (Å²) in [6.45, 7) is 2.49. The van der Waals surface area contributed by atoms with Crippen LogP contribution in [0.3, 0.4) is 0 Å². The summed E-state index contributed by atoms with van der Waals surface area (Å²) in [4.78, 5) is 36.2. The van der Waals surface area contributed by atoms with Crippen molar-refractivity contribution in [1.29, 1.82) is 0 Å². The summed E-state index contributed by atoms with van der Waals surface area (Å²) in [5.41, 5.74) is 4.72. The number of hydrogen-bond donors (Lipinski definition) is 3. The highest BCUT2D eigenvalue weighted by molar-refractivity contribution is 5.93. The van der Waals surface area contributed by atoms with E-state index in [1.54, 1.807) is 24.3 Å². The molecule has 1 saturated carbocycles. The van der Waals surface area contributed by atoms with Gasteiger partial charge in [0.05, 0.1) is 0 Å². The SMILES string of the molecule is CCCCNC(=O)C1(NC(=O)COc2ccc(C(N)=O)cc2)CCCCC1. The van der Waals surface area contributed by atoms with Crippen molar-refractivity contribution in [3.05, 3.63) is 29.8 Å². The van der Waals surface area contributed by atoms with Gasteiger partial charge in [0.15, 0.2) is 6.61 Å². The van der Waals surface area contributed by atoms with Crippen molar-refractivity contribution in [2.24, 2.45) is 5.73 Å². The predicted molar refractivity (Wildman–Crippen MR) is 102 cm³/mol. The van der Waals surface area contributed by atoms with Crippen LogP contribution in [0.1, 0.15) is 62.2 Å². The zero-order chi connectivity index (χ0) is 19.7. The number of unbranched alkanes of at least 4 members (excludes halogenated alkanes) is 1. The van der Waals surface area contributed by atoms with Crippen molar-refractivity contribution in [3.63, 3.8) is 0 Å². The molecule has 0 spiro atoms. The lowest BCUT2D eigenvalue weighted by atomic mass is 9.80. The molecule has 2 rings (SSSR count). The molecule has 0 radical (unpaired) electrons. The van der Waals surface area contributed by atoms with Crippen molar-refractivity contribution in [2.45, 2.75) is 57.4 Å². The molecule has 27 heavy (non-hydrogen) atoms. The molecule has 0 aromatic heterocycles. The summed E-state index contributed by atoms with van der Waals surface area (Å²) >= 11 is 0. The summed E-state index contributed by atoms with van der Waals surface area (Å²) in [6, 6.07) is 6.25. The van der Waals surface area contributed by atoms with Crippen LogP contribution in [0.25, 0.3) is 0 Å². The standard InChI is InChI=1S/C20H29N3O4/c1-2-3-13-22-19(26)20(11-5-4-6-12-20)23-17(24)14-27-16-9-7-15(8-10-16)18(21)25/h7-10H,2-6,11-14H2,1H3,(H2,21,25)(H,22,26)(H,23,24). The fraction of sp³-hybridized carbons (Fsp3) is 0.550. The van der Waals surface area contributed by atoms with Crippen LogP contribution in [0, 0.1) is 0 Å². The van der Waals surface area contributed by atoms with E-state index in [1.807, 2.05) is 0 Å². The predicted octanol–water partition coefficient (Wildman–Crippen LogP) is 1.90. The van der Waals surface area contributed by atoms with Gasteiger partial charge in [0, 0.05) is 12.1 Å². The number of ether oxygens (including phenoxy) is 1. The van der Waals surface area contributed by atoms with Crippen molar-refractivity contribution in [3.8, 4) is 5.75 Å². The molecular formula is C20H29N3O4. The Bertz CT molecular complexity index is 652. The molecule has 4 N–H and O–H groups in total. The van der Waals surface area contributed by atoms with Gasteiger partial charge < -0.3 is 21.1 Å². The molecule has 0 atom stereocenters. The van der Waals surface area contributed by atoms with Gasteiger partial charge in [0.2, 0.25) is 11.8 Å². The fourth-order valence-corrected chi connectivity index (χ4v) is 3.28. The minimum atomic E-state index is -0.845. The van der Waals surface area contributed by atoms with Gasteiger partial charge in [-0.1, -0.05) is 32.6 Å². The van der Waals surface area contributed by atoms with Crippen LogP contribution in [0.5, 0.6) is 5.75 Å². The van der Waals surface area contributed by atoms with Crippen LogP contribution < -0.4 is 21.1 Å². The maximum Gasteiger partial charge on any atom is 0.258 e. The number of carbonyl (C=O) groups is 3. The van der Waals surface area contributed by atoms with E-state index in [0.29, 0.717) is 30.7 Å².